The van der Waals surface area contributed by atoms with Gasteiger partial charge in [0.05, 0.1) is 22.4 Å². The van der Waals surface area contributed by atoms with Crippen LogP contribution in [0.4, 0.5) is 0 Å². The van der Waals surface area contributed by atoms with Gasteiger partial charge in [-0.15, -0.1) is 0 Å². The van der Waals surface area contributed by atoms with Gasteiger partial charge in [-0.3, -0.25) is 9.59 Å². The number of benzene rings is 2. The number of nitrogens with one attached hydrogen (secondary N) is 2. The summed E-state index contributed by atoms with van der Waals surface area (Å²) in [5, 5.41) is 26.9. The number of aliphatic hydroxyl groups excluding tert-OH is 1. The van der Waals surface area contributed by atoms with Crippen LogP contribution in [0.3, 0.4) is 0 Å². The number of likely N-dealkylation sites (tertiary alicyclic amines) is 1. The normalized spacial score (nSPS) is 16.7. The molecule has 2 heterocycles. The van der Waals surface area contributed by atoms with Gasteiger partial charge in [0, 0.05) is 38.5 Å². The first-order valence-electron chi connectivity index (χ1n) is 12.5. The maximum atomic E-state index is 12.7. The fourth-order valence-electron chi connectivity index (χ4n) is 4.22. The van der Waals surface area contributed by atoms with Crippen LogP contribution in [0, 0.1) is 11.3 Å². The molecule has 2 aliphatic heterocycles. The number of hydrazone groups is 1. The molecule has 2 aliphatic rings. The second kappa shape index (κ2) is 13.2. The van der Waals surface area contributed by atoms with Gasteiger partial charge in [-0.25, -0.2) is 5.43 Å². The Morgan fingerprint density at radius 1 is 1.21 bits per heavy atom. The average molecular weight is 540 g/mol. The van der Waals surface area contributed by atoms with E-state index in [-0.39, 0.29) is 31.1 Å². The molecule has 2 aromatic rings. The first kappa shape index (κ1) is 27.4. The molecule has 1 atom stereocenters. The number of rotatable bonds is 10. The van der Waals surface area contributed by atoms with Crippen molar-refractivity contribution in [3.63, 3.8) is 0 Å². The number of hydrogen-bond acceptors (Lipinski definition) is 8. The van der Waals surface area contributed by atoms with E-state index in [0.29, 0.717) is 54.6 Å². The number of nitrogens with zero attached hydrogens (tertiary/aromatic N) is 3. The van der Waals surface area contributed by atoms with Crippen LogP contribution in [0.2, 0.25) is 5.02 Å². The maximum absolute atomic E-state index is 12.7. The zero-order valence-corrected chi connectivity index (χ0v) is 21.6. The molecule has 11 heteroatoms. The molecule has 0 saturated carbocycles. The monoisotopic (exact) mass is 539 g/mol. The zero-order valence-electron chi connectivity index (χ0n) is 20.9. The Kier molecular flexibility index (Phi) is 9.54. The van der Waals surface area contributed by atoms with Crippen molar-refractivity contribution in [1.82, 2.24) is 15.6 Å². The van der Waals surface area contributed by atoms with Crippen molar-refractivity contribution < 1.29 is 24.2 Å². The van der Waals surface area contributed by atoms with E-state index >= 15 is 0 Å². The Bertz CT molecular complexity index is 1210. The van der Waals surface area contributed by atoms with Gasteiger partial charge in [0.25, 0.3) is 5.91 Å². The standard InChI is InChI=1S/C27H30ClN5O5/c28-23-13-19(24-6-8-26(35)32-31-24)3-7-25(23)38-17-27(36)33-11-9-20(10-12-33)30-15-21(34)16-37-22-4-1-18(14-29)2-5-22/h1-5,7,13,20-21,30,34H,6,8-12,15-17H2,(H,32,35). The van der Waals surface area contributed by atoms with Crippen molar-refractivity contribution in [1.29, 1.82) is 5.26 Å². The van der Waals surface area contributed by atoms with Crippen LogP contribution in [0.1, 0.15) is 36.8 Å². The van der Waals surface area contributed by atoms with Gasteiger partial charge >= 0.3 is 0 Å². The van der Waals surface area contributed by atoms with Crippen LogP contribution in [0.25, 0.3) is 0 Å². The highest BCUT2D eigenvalue weighted by molar-refractivity contribution is 6.32. The van der Waals surface area contributed by atoms with Crippen LogP contribution in [-0.4, -0.2) is 72.5 Å². The predicted molar refractivity (Wildman–Crippen MR) is 141 cm³/mol. The van der Waals surface area contributed by atoms with Crippen LogP contribution >= 0.6 is 11.6 Å². The molecule has 1 saturated heterocycles. The van der Waals surface area contributed by atoms with Crippen molar-refractivity contribution in [2.75, 3.05) is 32.8 Å². The van der Waals surface area contributed by atoms with Gasteiger partial charge in [0.15, 0.2) is 6.61 Å². The number of amides is 2. The lowest BCUT2D eigenvalue weighted by molar-refractivity contribution is -0.134. The summed E-state index contributed by atoms with van der Waals surface area (Å²) in [6.07, 6.45) is 1.77. The number of halogens is 1. The molecule has 0 aliphatic carbocycles. The molecule has 0 aromatic heterocycles. The number of hydrogen-bond donors (Lipinski definition) is 3. The minimum absolute atomic E-state index is 0.110. The largest absolute Gasteiger partial charge is 0.491 e. The highest BCUT2D eigenvalue weighted by Gasteiger charge is 2.24. The Labute approximate surface area is 226 Å². The van der Waals surface area contributed by atoms with E-state index in [1.54, 1.807) is 41.3 Å². The van der Waals surface area contributed by atoms with E-state index in [1.165, 1.54) is 0 Å². The number of nitriles is 1. The Balaban J connectivity index is 1.14. The molecule has 0 radical (unpaired) electrons. The Morgan fingerprint density at radius 3 is 2.63 bits per heavy atom. The maximum Gasteiger partial charge on any atom is 0.260 e. The molecule has 1 unspecified atom stereocenters. The summed E-state index contributed by atoms with van der Waals surface area (Å²) in [5.41, 5.74) is 4.57. The van der Waals surface area contributed by atoms with Gasteiger partial charge in [-0.2, -0.15) is 10.4 Å². The van der Waals surface area contributed by atoms with Crippen LogP contribution in [-0.2, 0) is 9.59 Å². The molecule has 3 N–H and O–H groups in total. The fourth-order valence-corrected chi connectivity index (χ4v) is 4.46. The summed E-state index contributed by atoms with van der Waals surface area (Å²) in [7, 11) is 0. The second-order valence-corrected chi connectivity index (χ2v) is 9.60. The third-order valence-electron chi connectivity index (χ3n) is 6.44. The van der Waals surface area contributed by atoms with E-state index in [1.807, 2.05) is 6.07 Å². The van der Waals surface area contributed by atoms with Crippen LogP contribution in [0.15, 0.2) is 47.6 Å². The zero-order chi connectivity index (χ0) is 26.9. The molecular weight excluding hydrogens is 510 g/mol. The van der Waals surface area contributed by atoms with E-state index < -0.39 is 6.10 Å². The minimum atomic E-state index is -0.682. The van der Waals surface area contributed by atoms with E-state index in [9.17, 15) is 14.7 Å². The lowest BCUT2D eigenvalue weighted by atomic mass is 10.0. The van der Waals surface area contributed by atoms with Crippen LogP contribution in [0.5, 0.6) is 11.5 Å². The van der Waals surface area contributed by atoms with Gasteiger partial charge in [0.2, 0.25) is 5.91 Å². The minimum Gasteiger partial charge on any atom is -0.491 e. The molecule has 200 valence electrons. The second-order valence-electron chi connectivity index (χ2n) is 9.19. The van der Waals surface area contributed by atoms with Crippen molar-refractivity contribution in [2.24, 2.45) is 5.10 Å². The molecule has 1 fully saturated rings. The third-order valence-corrected chi connectivity index (χ3v) is 6.73. The van der Waals surface area contributed by atoms with E-state index in [0.717, 1.165) is 24.1 Å². The summed E-state index contributed by atoms with van der Waals surface area (Å²) >= 11 is 6.35. The molecule has 2 aromatic carbocycles. The predicted octanol–water partition coefficient (Wildman–Crippen LogP) is 2.23. The third kappa shape index (κ3) is 7.68. The summed E-state index contributed by atoms with van der Waals surface area (Å²) in [6, 6.07) is 14.2. The molecule has 0 spiro atoms. The van der Waals surface area contributed by atoms with Gasteiger partial charge < -0.3 is 24.8 Å². The number of carbonyl (C=O) groups excluding carboxylic acids is 2. The number of piperidine rings is 1. The molecule has 2 amide bonds. The van der Waals surface area contributed by atoms with Gasteiger partial charge in [0.1, 0.15) is 24.2 Å². The highest BCUT2D eigenvalue weighted by atomic mass is 35.5. The van der Waals surface area contributed by atoms with E-state index in [4.69, 9.17) is 26.3 Å². The smallest absolute Gasteiger partial charge is 0.260 e. The SMILES string of the molecule is N#Cc1ccc(OCC(O)CNC2CCN(C(=O)COc3ccc(C4=NNC(=O)CC4)cc3Cl)CC2)cc1. The summed E-state index contributed by atoms with van der Waals surface area (Å²) in [4.78, 5) is 25.7. The lowest BCUT2D eigenvalue weighted by Gasteiger charge is -2.33. The van der Waals surface area contributed by atoms with E-state index in [2.05, 4.69) is 21.9 Å². The van der Waals surface area contributed by atoms with Crippen LogP contribution < -0.4 is 20.2 Å². The Hall–Kier alpha value is -3.65. The van der Waals surface area contributed by atoms with Crippen molar-refractivity contribution in [2.45, 2.75) is 37.8 Å². The molecule has 38 heavy (non-hydrogen) atoms. The topological polar surface area (TPSA) is 136 Å². The summed E-state index contributed by atoms with van der Waals surface area (Å²) in [6.45, 7) is 1.60. The van der Waals surface area contributed by atoms with Crippen molar-refractivity contribution >= 4 is 29.1 Å². The molecular formula is C27H30ClN5O5. The fraction of sp³-hybridized carbons (Fsp3) is 0.407. The summed E-state index contributed by atoms with van der Waals surface area (Å²) in [5.74, 6) is 0.793. The van der Waals surface area contributed by atoms with Crippen molar-refractivity contribution in [3.8, 4) is 17.6 Å². The Morgan fingerprint density at radius 2 is 1.97 bits per heavy atom. The summed E-state index contributed by atoms with van der Waals surface area (Å²) < 4.78 is 11.3. The average Bonchev–Trinajstić information content (AvgIpc) is 2.95. The number of ether oxygens (including phenoxy) is 2. The molecule has 4 rings (SSSR count). The van der Waals surface area contributed by atoms with Gasteiger partial charge in [-0.1, -0.05) is 11.6 Å². The number of aliphatic hydroxyl groups is 1. The van der Waals surface area contributed by atoms with Gasteiger partial charge in [-0.05, 0) is 60.9 Å². The quantitative estimate of drug-likeness (QED) is 0.421. The number of carbonyl (C=O) groups is 2. The molecule has 10 nitrogen and oxygen atoms in total. The lowest BCUT2D eigenvalue weighted by Crippen LogP contribution is -2.48. The highest BCUT2D eigenvalue weighted by Crippen LogP contribution is 2.27. The first-order valence-corrected chi connectivity index (χ1v) is 12.9. The van der Waals surface area contributed by atoms with Crippen molar-refractivity contribution in [3.05, 3.63) is 58.6 Å². The molecule has 0 bridgehead atoms. The first-order chi connectivity index (χ1) is 18.4.